The smallest absolute Gasteiger partial charge is 0.186 e. The molecule has 1 aromatic heterocycles. The number of rotatable bonds is 5. The molecule has 0 aliphatic carbocycles. The molecule has 2 aromatic rings. The molecule has 2 rings (SSSR count). The van der Waals surface area contributed by atoms with Crippen molar-refractivity contribution in [1.29, 1.82) is 0 Å². The monoisotopic (exact) mass is 336 g/mol. The van der Waals surface area contributed by atoms with Gasteiger partial charge in [0.25, 0.3) is 0 Å². The number of methoxy groups -OCH3 is 1. The van der Waals surface area contributed by atoms with Gasteiger partial charge in [0.1, 0.15) is 10.6 Å². The Morgan fingerprint density at radius 2 is 1.95 bits per heavy atom. The van der Waals surface area contributed by atoms with Crippen LogP contribution in [-0.2, 0) is 9.84 Å². The van der Waals surface area contributed by atoms with Crippen molar-refractivity contribution in [1.82, 2.24) is 0 Å². The Kier molecular flexibility index (Phi) is 4.83. The zero-order valence-corrected chi connectivity index (χ0v) is 14.1. The Labute approximate surface area is 134 Å². The molecule has 0 unspecified atom stereocenters. The number of carbonyl (C=O) groups is 1. The highest BCUT2D eigenvalue weighted by Crippen LogP contribution is 2.25. The van der Waals surface area contributed by atoms with E-state index in [1.165, 1.54) is 36.3 Å². The molecular weight excluding hydrogens is 320 g/mol. The molecule has 0 N–H and O–H groups in total. The standard InChI is InChI=1S/C16H16O4S2/c1-11-4-6-13(21-11)7-8-14(17)12-5-9-16(22(3,18)19)15(10-12)20-2/h4-10H,1-3H3/b8-7-. The van der Waals surface area contributed by atoms with E-state index in [9.17, 15) is 13.2 Å². The molecule has 22 heavy (non-hydrogen) atoms. The molecule has 0 saturated heterocycles. The number of hydrogen-bond acceptors (Lipinski definition) is 5. The zero-order valence-electron chi connectivity index (χ0n) is 12.5. The molecule has 0 radical (unpaired) electrons. The lowest BCUT2D eigenvalue weighted by atomic mass is 10.1. The van der Waals surface area contributed by atoms with Gasteiger partial charge in [0, 0.05) is 21.6 Å². The van der Waals surface area contributed by atoms with Crippen LogP contribution in [0.4, 0.5) is 0 Å². The summed E-state index contributed by atoms with van der Waals surface area (Å²) in [7, 11) is -2.02. The molecule has 1 aromatic carbocycles. The molecule has 0 spiro atoms. The van der Waals surface area contributed by atoms with Crippen LogP contribution in [0.1, 0.15) is 20.1 Å². The summed E-state index contributed by atoms with van der Waals surface area (Å²) in [6, 6.07) is 8.26. The van der Waals surface area contributed by atoms with Crippen molar-refractivity contribution in [3.63, 3.8) is 0 Å². The van der Waals surface area contributed by atoms with Crippen LogP contribution in [0.25, 0.3) is 6.08 Å². The Morgan fingerprint density at radius 1 is 1.23 bits per heavy atom. The van der Waals surface area contributed by atoms with E-state index in [-0.39, 0.29) is 16.4 Å². The van der Waals surface area contributed by atoms with E-state index in [0.29, 0.717) is 5.56 Å². The minimum Gasteiger partial charge on any atom is -0.495 e. The van der Waals surface area contributed by atoms with Crippen LogP contribution in [0, 0.1) is 6.92 Å². The van der Waals surface area contributed by atoms with Crippen molar-refractivity contribution in [2.75, 3.05) is 13.4 Å². The van der Waals surface area contributed by atoms with E-state index in [1.807, 2.05) is 19.1 Å². The molecule has 1 heterocycles. The van der Waals surface area contributed by atoms with Gasteiger partial charge >= 0.3 is 0 Å². The maximum absolute atomic E-state index is 12.2. The minimum atomic E-state index is -3.39. The molecule has 0 amide bonds. The summed E-state index contributed by atoms with van der Waals surface area (Å²) in [4.78, 5) is 14.4. The van der Waals surface area contributed by atoms with E-state index >= 15 is 0 Å². The summed E-state index contributed by atoms with van der Waals surface area (Å²) in [5.74, 6) is -0.0295. The lowest BCUT2D eigenvalue weighted by Crippen LogP contribution is -2.03. The second-order valence-electron chi connectivity index (χ2n) is 4.78. The fraction of sp³-hybridized carbons (Fsp3) is 0.188. The first-order valence-corrected chi connectivity index (χ1v) is 9.19. The quantitative estimate of drug-likeness (QED) is 0.620. The maximum atomic E-state index is 12.2. The van der Waals surface area contributed by atoms with Crippen molar-refractivity contribution in [3.8, 4) is 5.75 Å². The van der Waals surface area contributed by atoms with Crippen molar-refractivity contribution in [3.05, 3.63) is 51.7 Å². The van der Waals surface area contributed by atoms with Gasteiger partial charge in [0.15, 0.2) is 15.6 Å². The normalized spacial score (nSPS) is 11.8. The second-order valence-corrected chi connectivity index (χ2v) is 8.09. The van der Waals surface area contributed by atoms with Crippen molar-refractivity contribution >= 4 is 33.0 Å². The van der Waals surface area contributed by atoms with Crippen LogP contribution in [0.5, 0.6) is 5.75 Å². The van der Waals surface area contributed by atoms with E-state index < -0.39 is 9.84 Å². The first kappa shape index (κ1) is 16.5. The third-order valence-corrected chi connectivity index (χ3v) is 5.11. The van der Waals surface area contributed by atoms with Crippen LogP contribution >= 0.6 is 11.3 Å². The van der Waals surface area contributed by atoms with Gasteiger partial charge in [-0.25, -0.2) is 8.42 Å². The molecule has 0 aliphatic rings. The molecule has 0 bridgehead atoms. The second kappa shape index (κ2) is 6.46. The lowest BCUT2D eigenvalue weighted by molar-refractivity contribution is 0.104. The van der Waals surface area contributed by atoms with E-state index in [4.69, 9.17) is 4.74 Å². The molecule has 4 nitrogen and oxygen atoms in total. The van der Waals surface area contributed by atoms with Crippen molar-refractivity contribution < 1.29 is 17.9 Å². The number of benzene rings is 1. The number of thiophene rings is 1. The number of aryl methyl sites for hydroxylation is 1. The lowest BCUT2D eigenvalue weighted by Gasteiger charge is -2.07. The zero-order chi connectivity index (χ0) is 16.3. The molecule has 6 heteroatoms. The Balaban J connectivity index is 2.29. The largest absolute Gasteiger partial charge is 0.495 e. The molecule has 0 aliphatic heterocycles. The van der Waals surface area contributed by atoms with Gasteiger partial charge < -0.3 is 4.74 Å². The SMILES string of the molecule is COc1cc(C(=O)/C=C\c2ccc(C)s2)ccc1S(C)(=O)=O. The third kappa shape index (κ3) is 3.84. The molecule has 0 fully saturated rings. The summed E-state index contributed by atoms with van der Waals surface area (Å²) < 4.78 is 28.3. The van der Waals surface area contributed by atoms with Crippen LogP contribution < -0.4 is 4.74 Å². The number of ketones is 1. The highest BCUT2D eigenvalue weighted by molar-refractivity contribution is 7.90. The predicted molar refractivity (Wildman–Crippen MR) is 88.5 cm³/mol. The van der Waals surface area contributed by atoms with Crippen molar-refractivity contribution in [2.24, 2.45) is 0 Å². The van der Waals surface area contributed by atoms with E-state index in [0.717, 1.165) is 11.1 Å². The number of sulfone groups is 1. The highest BCUT2D eigenvalue weighted by Gasteiger charge is 2.16. The Morgan fingerprint density at radius 3 is 2.50 bits per heavy atom. The van der Waals surface area contributed by atoms with Gasteiger partial charge in [-0.05, 0) is 49.4 Å². The summed E-state index contributed by atoms with van der Waals surface area (Å²) in [5, 5.41) is 0. The van der Waals surface area contributed by atoms with Gasteiger partial charge in [-0.2, -0.15) is 0 Å². The highest BCUT2D eigenvalue weighted by atomic mass is 32.2. The fourth-order valence-corrected chi connectivity index (χ4v) is 3.53. The van der Waals surface area contributed by atoms with Gasteiger partial charge in [0.2, 0.25) is 0 Å². The Hall–Kier alpha value is -1.92. The summed E-state index contributed by atoms with van der Waals surface area (Å²) >= 11 is 1.60. The molecular formula is C16H16O4S2. The minimum absolute atomic E-state index is 0.0735. The van der Waals surface area contributed by atoms with E-state index in [2.05, 4.69) is 0 Å². The van der Waals surface area contributed by atoms with Gasteiger partial charge in [0.05, 0.1) is 7.11 Å². The summed E-state index contributed by atoms with van der Waals surface area (Å²) in [6.45, 7) is 2.00. The summed E-state index contributed by atoms with van der Waals surface area (Å²) in [5.41, 5.74) is 0.383. The predicted octanol–water partition coefficient (Wildman–Crippen LogP) is 3.36. The van der Waals surface area contributed by atoms with Crippen LogP contribution in [-0.4, -0.2) is 27.6 Å². The van der Waals surface area contributed by atoms with Crippen LogP contribution in [0.15, 0.2) is 41.3 Å². The third-order valence-electron chi connectivity index (χ3n) is 3.01. The fourth-order valence-electron chi connectivity index (χ4n) is 1.92. The number of allylic oxidation sites excluding steroid dienone is 1. The number of ether oxygens (including phenoxy) is 1. The Bertz CT molecular complexity index is 830. The van der Waals surface area contributed by atoms with Gasteiger partial charge in [-0.3, -0.25) is 4.79 Å². The maximum Gasteiger partial charge on any atom is 0.186 e. The van der Waals surface area contributed by atoms with Crippen molar-refractivity contribution in [2.45, 2.75) is 11.8 Å². The van der Waals surface area contributed by atoms with Gasteiger partial charge in [-0.15, -0.1) is 11.3 Å². The first-order chi connectivity index (χ1) is 10.3. The molecule has 0 saturated carbocycles. The summed E-state index contributed by atoms with van der Waals surface area (Å²) in [6.07, 6.45) is 4.32. The van der Waals surface area contributed by atoms with Gasteiger partial charge in [-0.1, -0.05) is 0 Å². The average molecular weight is 336 g/mol. The number of hydrogen-bond donors (Lipinski definition) is 0. The number of carbonyl (C=O) groups excluding carboxylic acids is 1. The van der Waals surface area contributed by atoms with Crippen LogP contribution in [0.3, 0.4) is 0 Å². The van der Waals surface area contributed by atoms with Crippen LogP contribution in [0.2, 0.25) is 0 Å². The molecule has 0 atom stereocenters. The van der Waals surface area contributed by atoms with E-state index in [1.54, 1.807) is 17.4 Å². The average Bonchev–Trinajstić information content (AvgIpc) is 2.88. The molecule has 116 valence electrons. The topological polar surface area (TPSA) is 60.4 Å². The first-order valence-electron chi connectivity index (χ1n) is 6.48.